The van der Waals surface area contributed by atoms with E-state index in [0.717, 1.165) is 19.5 Å². The second kappa shape index (κ2) is 6.26. The van der Waals surface area contributed by atoms with Crippen molar-refractivity contribution in [1.29, 1.82) is 0 Å². The Morgan fingerprint density at radius 2 is 2.13 bits per heavy atom. The summed E-state index contributed by atoms with van der Waals surface area (Å²) in [5, 5.41) is 3.54. The lowest BCUT2D eigenvalue weighted by Gasteiger charge is -2.15. The summed E-state index contributed by atoms with van der Waals surface area (Å²) in [4.78, 5) is 5.09. The molecule has 1 unspecified atom stereocenters. The van der Waals surface area contributed by atoms with Crippen LogP contribution < -0.4 is 5.32 Å². The summed E-state index contributed by atoms with van der Waals surface area (Å²) in [6, 6.07) is 5.01. The van der Waals surface area contributed by atoms with Crippen molar-refractivity contribution in [3.05, 3.63) is 21.9 Å². The van der Waals surface area contributed by atoms with E-state index in [4.69, 9.17) is 0 Å². The third kappa shape index (κ3) is 5.30. The first-order valence-electron chi connectivity index (χ1n) is 5.51. The van der Waals surface area contributed by atoms with Crippen LogP contribution in [-0.2, 0) is 6.42 Å². The van der Waals surface area contributed by atoms with Gasteiger partial charge in [0.25, 0.3) is 0 Å². The second-order valence-corrected chi connectivity index (χ2v) is 5.75. The fourth-order valence-corrected chi connectivity index (χ4v) is 2.52. The molecule has 15 heavy (non-hydrogen) atoms. The first-order chi connectivity index (χ1) is 7.08. The molecule has 0 saturated carbocycles. The molecule has 0 aliphatic carbocycles. The van der Waals surface area contributed by atoms with E-state index < -0.39 is 0 Å². The van der Waals surface area contributed by atoms with Gasteiger partial charge in [0, 0.05) is 28.9 Å². The second-order valence-electron chi connectivity index (χ2n) is 4.37. The Kier molecular flexibility index (Phi) is 5.29. The van der Waals surface area contributed by atoms with Crippen molar-refractivity contribution in [2.75, 3.05) is 27.2 Å². The van der Waals surface area contributed by atoms with Gasteiger partial charge in [-0.2, -0.15) is 0 Å². The third-order valence-corrected chi connectivity index (χ3v) is 3.38. The van der Waals surface area contributed by atoms with E-state index in [-0.39, 0.29) is 0 Å². The zero-order chi connectivity index (χ0) is 11.3. The topological polar surface area (TPSA) is 15.3 Å². The molecule has 0 bridgehead atoms. The molecule has 0 amide bonds. The summed E-state index contributed by atoms with van der Waals surface area (Å²) >= 11 is 1.91. The molecule has 1 heterocycles. The first kappa shape index (κ1) is 12.7. The quantitative estimate of drug-likeness (QED) is 0.799. The van der Waals surface area contributed by atoms with Gasteiger partial charge in [0.1, 0.15) is 0 Å². The maximum Gasteiger partial charge on any atom is 0.0101 e. The first-order valence-corrected chi connectivity index (χ1v) is 6.33. The molecule has 1 aromatic rings. The van der Waals surface area contributed by atoms with Crippen LogP contribution in [0.15, 0.2) is 12.1 Å². The Balaban J connectivity index is 2.21. The minimum atomic E-state index is 0.572. The molecule has 1 N–H and O–H groups in total. The van der Waals surface area contributed by atoms with Crippen molar-refractivity contribution < 1.29 is 0 Å². The molecule has 2 nitrogen and oxygen atoms in total. The Bertz CT molecular complexity index is 281. The Morgan fingerprint density at radius 1 is 1.40 bits per heavy atom. The van der Waals surface area contributed by atoms with Gasteiger partial charge in [-0.3, -0.25) is 0 Å². The molecule has 0 aliphatic rings. The third-order valence-electron chi connectivity index (χ3n) is 2.36. The maximum absolute atomic E-state index is 3.54. The van der Waals surface area contributed by atoms with Gasteiger partial charge in [-0.25, -0.2) is 0 Å². The fraction of sp³-hybridized carbons (Fsp3) is 0.667. The number of thiophene rings is 1. The molecule has 86 valence electrons. The number of hydrogen-bond acceptors (Lipinski definition) is 3. The highest BCUT2D eigenvalue weighted by molar-refractivity contribution is 7.11. The normalized spacial score (nSPS) is 13.4. The van der Waals surface area contributed by atoms with Crippen LogP contribution in [0.2, 0.25) is 0 Å². The zero-order valence-electron chi connectivity index (χ0n) is 10.2. The minimum Gasteiger partial charge on any atom is -0.313 e. The average molecular weight is 226 g/mol. The van der Waals surface area contributed by atoms with Crippen LogP contribution in [0.25, 0.3) is 0 Å². The largest absolute Gasteiger partial charge is 0.313 e. The molecule has 0 aromatic carbocycles. The van der Waals surface area contributed by atoms with Crippen LogP contribution in [0.4, 0.5) is 0 Å². The van der Waals surface area contributed by atoms with Crippen LogP contribution in [0.5, 0.6) is 0 Å². The molecule has 0 radical (unpaired) electrons. The summed E-state index contributed by atoms with van der Waals surface area (Å²) in [5.41, 5.74) is 0. The van der Waals surface area contributed by atoms with Gasteiger partial charge in [0.15, 0.2) is 0 Å². The minimum absolute atomic E-state index is 0.572. The summed E-state index contributed by atoms with van der Waals surface area (Å²) in [6.45, 7) is 6.59. The van der Waals surface area contributed by atoms with Crippen LogP contribution >= 0.6 is 11.3 Å². The number of hydrogen-bond donors (Lipinski definition) is 1. The van der Waals surface area contributed by atoms with Gasteiger partial charge < -0.3 is 10.2 Å². The van der Waals surface area contributed by atoms with Gasteiger partial charge in [0.05, 0.1) is 0 Å². The van der Waals surface area contributed by atoms with E-state index in [1.165, 1.54) is 9.75 Å². The Hall–Kier alpha value is -0.380. The summed E-state index contributed by atoms with van der Waals surface area (Å²) in [7, 11) is 4.21. The van der Waals surface area contributed by atoms with Crippen LogP contribution in [0, 0.1) is 6.92 Å². The predicted molar refractivity (Wildman–Crippen MR) is 68.8 cm³/mol. The SMILES string of the molecule is Cc1ccc(CC(C)NCCN(C)C)s1. The molecule has 0 aliphatic heterocycles. The Labute approximate surface area is 97.3 Å². The Morgan fingerprint density at radius 3 is 2.67 bits per heavy atom. The van der Waals surface area contributed by atoms with Gasteiger partial charge in [-0.05, 0) is 46.5 Å². The molecule has 3 heteroatoms. The van der Waals surface area contributed by atoms with Gasteiger partial charge in [-0.15, -0.1) is 11.3 Å². The van der Waals surface area contributed by atoms with Crippen molar-refractivity contribution in [1.82, 2.24) is 10.2 Å². The van der Waals surface area contributed by atoms with E-state index in [1.807, 2.05) is 11.3 Å². The number of rotatable bonds is 6. The van der Waals surface area contributed by atoms with Crippen LogP contribution in [0.3, 0.4) is 0 Å². The molecule has 0 fully saturated rings. The molecule has 0 saturated heterocycles. The van der Waals surface area contributed by atoms with E-state index >= 15 is 0 Å². The molecular weight excluding hydrogens is 204 g/mol. The van der Waals surface area contributed by atoms with Crippen molar-refractivity contribution in [2.45, 2.75) is 26.3 Å². The standard InChI is InChI=1S/C12H22N2S/c1-10(13-7-8-14(3)4)9-12-6-5-11(2)15-12/h5-6,10,13H,7-9H2,1-4H3. The number of nitrogens with one attached hydrogen (secondary N) is 1. The predicted octanol–water partition coefficient (Wildman–Crippen LogP) is 2.14. The summed E-state index contributed by atoms with van der Waals surface area (Å²) < 4.78 is 0. The number of likely N-dealkylation sites (N-methyl/N-ethyl adjacent to an activating group) is 1. The van der Waals surface area contributed by atoms with Gasteiger partial charge in [-0.1, -0.05) is 0 Å². The monoisotopic (exact) mass is 226 g/mol. The highest BCUT2D eigenvalue weighted by Crippen LogP contribution is 2.16. The van der Waals surface area contributed by atoms with Crippen molar-refractivity contribution in [3.8, 4) is 0 Å². The molecule has 0 spiro atoms. The smallest absolute Gasteiger partial charge is 0.0101 e. The van der Waals surface area contributed by atoms with E-state index in [0.29, 0.717) is 6.04 Å². The van der Waals surface area contributed by atoms with Crippen molar-refractivity contribution >= 4 is 11.3 Å². The molecule has 1 rings (SSSR count). The molecular formula is C12H22N2S. The number of aryl methyl sites for hydroxylation is 1. The van der Waals surface area contributed by atoms with E-state index in [2.05, 4.69) is 50.3 Å². The van der Waals surface area contributed by atoms with Gasteiger partial charge >= 0.3 is 0 Å². The summed E-state index contributed by atoms with van der Waals surface area (Å²) in [6.07, 6.45) is 1.14. The molecule has 1 atom stereocenters. The van der Waals surface area contributed by atoms with Gasteiger partial charge in [0.2, 0.25) is 0 Å². The maximum atomic E-state index is 3.54. The highest BCUT2D eigenvalue weighted by Gasteiger charge is 2.04. The van der Waals surface area contributed by atoms with Crippen LogP contribution in [-0.4, -0.2) is 38.1 Å². The van der Waals surface area contributed by atoms with Crippen molar-refractivity contribution in [3.63, 3.8) is 0 Å². The number of nitrogens with zero attached hydrogens (tertiary/aromatic N) is 1. The summed E-state index contributed by atoms with van der Waals surface area (Å²) in [5.74, 6) is 0. The fourth-order valence-electron chi connectivity index (χ4n) is 1.50. The zero-order valence-corrected chi connectivity index (χ0v) is 11.0. The van der Waals surface area contributed by atoms with Crippen LogP contribution in [0.1, 0.15) is 16.7 Å². The highest BCUT2D eigenvalue weighted by atomic mass is 32.1. The lowest BCUT2D eigenvalue weighted by atomic mass is 10.2. The average Bonchev–Trinajstić information content (AvgIpc) is 2.50. The van der Waals surface area contributed by atoms with E-state index in [9.17, 15) is 0 Å². The lowest BCUT2D eigenvalue weighted by molar-refractivity contribution is 0.387. The lowest BCUT2D eigenvalue weighted by Crippen LogP contribution is -2.34. The van der Waals surface area contributed by atoms with Crippen molar-refractivity contribution in [2.24, 2.45) is 0 Å². The molecule has 1 aromatic heterocycles. The van der Waals surface area contributed by atoms with E-state index in [1.54, 1.807) is 0 Å².